The molecule has 2 rings (SSSR count). The third-order valence-electron chi connectivity index (χ3n) is 2.22. The van der Waals surface area contributed by atoms with Crippen molar-refractivity contribution in [2.75, 3.05) is 18.0 Å². The average Bonchev–Trinajstić information content (AvgIpc) is 2.16. The lowest BCUT2D eigenvalue weighted by Gasteiger charge is -2.27. The molecule has 5 heteroatoms. The fourth-order valence-corrected chi connectivity index (χ4v) is 1.52. The van der Waals surface area contributed by atoms with Gasteiger partial charge in [-0.1, -0.05) is 0 Å². The number of esters is 2. The van der Waals surface area contributed by atoms with Gasteiger partial charge < -0.3 is 9.64 Å². The van der Waals surface area contributed by atoms with Crippen LogP contribution in [0.4, 0.5) is 5.69 Å². The Balaban J connectivity index is 2.27. The molecule has 0 N–H and O–H groups in total. The van der Waals surface area contributed by atoms with Crippen LogP contribution in [0.1, 0.15) is 5.56 Å². The first-order valence-corrected chi connectivity index (χ1v) is 4.56. The van der Waals surface area contributed by atoms with E-state index in [-0.39, 0.29) is 13.1 Å². The standard InChI is InChI=1S/C10H10N2O3/c1-7-2-3-11-4-8(7)12-5-9(13)15-10(14)6-12/h2-4H,5-6H2,1H3. The van der Waals surface area contributed by atoms with Gasteiger partial charge in [0.2, 0.25) is 0 Å². The van der Waals surface area contributed by atoms with Crippen LogP contribution in [0.15, 0.2) is 18.5 Å². The molecule has 1 saturated heterocycles. The minimum absolute atomic E-state index is 0.0955. The molecule has 0 aliphatic carbocycles. The second-order valence-electron chi connectivity index (χ2n) is 3.36. The van der Waals surface area contributed by atoms with Crippen molar-refractivity contribution in [1.29, 1.82) is 0 Å². The van der Waals surface area contributed by atoms with E-state index in [1.54, 1.807) is 17.3 Å². The molecule has 5 nitrogen and oxygen atoms in total. The third kappa shape index (κ3) is 1.96. The predicted molar refractivity (Wildman–Crippen MR) is 52.3 cm³/mol. The summed E-state index contributed by atoms with van der Waals surface area (Å²) >= 11 is 0. The van der Waals surface area contributed by atoms with Crippen molar-refractivity contribution in [3.05, 3.63) is 24.0 Å². The summed E-state index contributed by atoms with van der Waals surface area (Å²) in [5.74, 6) is -1.04. The van der Waals surface area contributed by atoms with Crippen molar-refractivity contribution in [2.45, 2.75) is 6.92 Å². The Hall–Kier alpha value is -1.91. The quantitative estimate of drug-likeness (QED) is 0.488. The van der Waals surface area contributed by atoms with Crippen LogP contribution in [-0.4, -0.2) is 30.0 Å². The number of carbonyl (C=O) groups is 2. The SMILES string of the molecule is Cc1ccncc1N1CC(=O)OC(=O)C1. The van der Waals surface area contributed by atoms with Gasteiger partial charge in [0.05, 0.1) is 11.9 Å². The molecule has 2 heterocycles. The van der Waals surface area contributed by atoms with Crippen LogP contribution in [0, 0.1) is 6.92 Å². The number of cyclic esters (lactones) is 2. The van der Waals surface area contributed by atoms with Gasteiger partial charge in [-0.2, -0.15) is 0 Å². The van der Waals surface area contributed by atoms with Crippen LogP contribution in [0.3, 0.4) is 0 Å². The zero-order chi connectivity index (χ0) is 10.8. The van der Waals surface area contributed by atoms with Crippen LogP contribution >= 0.6 is 0 Å². The highest BCUT2D eigenvalue weighted by atomic mass is 16.6. The van der Waals surface area contributed by atoms with Gasteiger partial charge in [0.1, 0.15) is 13.1 Å². The maximum absolute atomic E-state index is 11.1. The van der Waals surface area contributed by atoms with E-state index in [2.05, 4.69) is 9.72 Å². The summed E-state index contributed by atoms with van der Waals surface area (Å²) in [4.78, 5) is 27.8. The number of nitrogens with zero attached hydrogens (tertiary/aromatic N) is 2. The molecule has 0 amide bonds. The van der Waals surface area contributed by atoms with Crippen molar-refractivity contribution in [1.82, 2.24) is 4.98 Å². The smallest absolute Gasteiger partial charge is 0.333 e. The van der Waals surface area contributed by atoms with Crippen LogP contribution in [0.25, 0.3) is 0 Å². The molecule has 1 aromatic rings. The van der Waals surface area contributed by atoms with E-state index in [4.69, 9.17) is 0 Å². The molecule has 78 valence electrons. The molecule has 0 atom stereocenters. The highest BCUT2D eigenvalue weighted by Crippen LogP contribution is 2.19. The van der Waals surface area contributed by atoms with E-state index < -0.39 is 11.9 Å². The lowest BCUT2D eigenvalue weighted by atomic mass is 10.2. The molecule has 0 radical (unpaired) electrons. The van der Waals surface area contributed by atoms with E-state index in [1.807, 2.05) is 13.0 Å². The van der Waals surface area contributed by atoms with Crippen LogP contribution in [0.2, 0.25) is 0 Å². The molecule has 15 heavy (non-hydrogen) atoms. The summed E-state index contributed by atoms with van der Waals surface area (Å²) in [6.07, 6.45) is 3.31. The zero-order valence-electron chi connectivity index (χ0n) is 8.27. The van der Waals surface area contributed by atoms with Gasteiger partial charge in [0.25, 0.3) is 0 Å². The number of rotatable bonds is 1. The first-order valence-electron chi connectivity index (χ1n) is 4.56. The molecule has 1 aliphatic heterocycles. The minimum Gasteiger partial charge on any atom is -0.390 e. The van der Waals surface area contributed by atoms with Crippen molar-refractivity contribution in [3.63, 3.8) is 0 Å². The second-order valence-corrected chi connectivity index (χ2v) is 3.36. The molecule has 1 aromatic heterocycles. The minimum atomic E-state index is -0.519. The summed E-state index contributed by atoms with van der Waals surface area (Å²) in [5.41, 5.74) is 1.77. The van der Waals surface area contributed by atoms with Gasteiger partial charge in [-0.3, -0.25) is 4.98 Å². The topological polar surface area (TPSA) is 59.5 Å². The molecule has 0 aromatic carbocycles. The Labute approximate surface area is 86.7 Å². The Bertz CT molecular complexity index is 401. The average molecular weight is 206 g/mol. The Morgan fingerprint density at radius 2 is 2.00 bits per heavy atom. The number of aryl methyl sites for hydroxylation is 1. The van der Waals surface area contributed by atoms with Crippen molar-refractivity contribution in [3.8, 4) is 0 Å². The van der Waals surface area contributed by atoms with E-state index in [1.165, 1.54) is 0 Å². The van der Waals surface area contributed by atoms with E-state index in [0.29, 0.717) is 0 Å². The van der Waals surface area contributed by atoms with Gasteiger partial charge in [0, 0.05) is 6.20 Å². The molecular weight excluding hydrogens is 196 g/mol. The molecule has 1 aliphatic rings. The maximum Gasteiger partial charge on any atom is 0.333 e. The highest BCUT2D eigenvalue weighted by molar-refractivity contribution is 5.94. The Morgan fingerprint density at radius 1 is 1.33 bits per heavy atom. The fraction of sp³-hybridized carbons (Fsp3) is 0.300. The van der Waals surface area contributed by atoms with Crippen LogP contribution < -0.4 is 4.90 Å². The number of ether oxygens (including phenoxy) is 1. The van der Waals surface area contributed by atoms with Gasteiger partial charge in [-0.05, 0) is 18.6 Å². The predicted octanol–water partition coefficient (Wildman–Crippen LogP) is 0.280. The van der Waals surface area contributed by atoms with Crippen LogP contribution in [0.5, 0.6) is 0 Å². The first-order chi connectivity index (χ1) is 7.16. The Kier molecular flexibility index (Phi) is 2.37. The molecule has 0 saturated carbocycles. The molecule has 1 fully saturated rings. The van der Waals surface area contributed by atoms with Crippen LogP contribution in [-0.2, 0) is 14.3 Å². The lowest BCUT2D eigenvalue weighted by Crippen LogP contribution is -2.43. The number of carbonyl (C=O) groups excluding carboxylic acids is 2. The van der Waals surface area contributed by atoms with Gasteiger partial charge >= 0.3 is 11.9 Å². The van der Waals surface area contributed by atoms with Crippen molar-refractivity contribution in [2.24, 2.45) is 0 Å². The summed E-state index contributed by atoms with van der Waals surface area (Å²) in [6.45, 7) is 2.10. The molecule has 0 bridgehead atoms. The number of morpholine rings is 1. The Morgan fingerprint density at radius 3 is 2.60 bits per heavy atom. The summed E-state index contributed by atoms with van der Waals surface area (Å²) in [7, 11) is 0. The largest absolute Gasteiger partial charge is 0.390 e. The molecule has 0 spiro atoms. The monoisotopic (exact) mass is 206 g/mol. The van der Waals surface area contributed by atoms with Crippen molar-refractivity contribution >= 4 is 17.6 Å². The number of aromatic nitrogens is 1. The van der Waals surface area contributed by atoms with Gasteiger partial charge in [0.15, 0.2) is 0 Å². The molecular formula is C10H10N2O3. The second kappa shape index (κ2) is 3.68. The number of pyridine rings is 1. The third-order valence-corrected chi connectivity index (χ3v) is 2.22. The lowest BCUT2D eigenvalue weighted by molar-refractivity contribution is -0.160. The maximum atomic E-state index is 11.1. The summed E-state index contributed by atoms with van der Waals surface area (Å²) in [6, 6.07) is 1.83. The van der Waals surface area contributed by atoms with Gasteiger partial charge in [-0.15, -0.1) is 0 Å². The number of hydrogen-bond donors (Lipinski definition) is 0. The van der Waals surface area contributed by atoms with E-state index >= 15 is 0 Å². The van der Waals surface area contributed by atoms with Gasteiger partial charge in [-0.25, -0.2) is 9.59 Å². The first kappa shape index (κ1) is 9.64. The summed E-state index contributed by atoms with van der Waals surface area (Å²) < 4.78 is 4.44. The zero-order valence-corrected chi connectivity index (χ0v) is 8.27. The highest BCUT2D eigenvalue weighted by Gasteiger charge is 2.25. The fourth-order valence-electron chi connectivity index (χ4n) is 1.52. The van der Waals surface area contributed by atoms with E-state index in [9.17, 15) is 9.59 Å². The molecule has 0 unspecified atom stereocenters. The number of hydrogen-bond acceptors (Lipinski definition) is 5. The summed E-state index contributed by atoms with van der Waals surface area (Å²) in [5, 5.41) is 0. The normalized spacial score (nSPS) is 16.5. The number of anilines is 1. The van der Waals surface area contributed by atoms with E-state index in [0.717, 1.165) is 11.3 Å². The van der Waals surface area contributed by atoms with Crippen molar-refractivity contribution < 1.29 is 14.3 Å².